The molecule has 1 amide bonds. The molecule has 0 radical (unpaired) electrons. The first-order valence-corrected chi connectivity index (χ1v) is 9.45. The number of benzene rings is 2. The summed E-state index contributed by atoms with van der Waals surface area (Å²) in [5, 5.41) is 3.20. The van der Waals surface area contributed by atoms with E-state index < -0.39 is 0 Å². The minimum atomic E-state index is -0.0634. The summed E-state index contributed by atoms with van der Waals surface area (Å²) in [7, 11) is 0. The predicted molar refractivity (Wildman–Crippen MR) is 101 cm³/mol. The molecule has 2 unspecified atom stereocenters. The maximum Gasteiger partial charge on any atom is 0.233 e. The zero-order chi connectivity index (χ0) is 16.9. The van der Waals surface area contributed by atoms with Crippen LogP contribution in [0.4, 0.5) is 5.69 Å². The van der Waals surface area contributed by atoms with E-state index in [4.69, 9.17) is 5.73 Å². The fourth-order valence-electron chi connectivity index (χ4n) is 3.23. The van der Waals surface area contributed by atoms with Crippen LogP contribution in [0.2, 0.25) is 0 Å². The van der Waals surface area contributed by atoms with Crippen molar-refractivity contribution in [1.82, 2.24) is 5.32 Å². The smallest absolute Gasteiger partial charge is 0.233 e. The number of rotatable bonds is 5. The van der Waals surface area contributed by atoms with Crippen LogP contribution in [-0.2, 0) is 11.2 Å². The molecule has 3 rings (SSSR count). The molecule has 2 atom stereocenters. The van der Waals surface area contributed by atoms with Gasteiger partial charge in [-0.15, -0.1) is 11.8 Å². The van der Waals surface area contributed by atoms with E-state index in [1.54, 1.807) is 11.8 Å². The fraction of sp³-hybridized carbons (Fsp3) is 0.350. The molecule has 126 valence electrons. The van der Waals surface area contributed by atoms with Gasteiger partial charge in [-0.3, -0.25) is 4.79 Å². The lowest BCUT2D eigenvalue weighted by Gasteiger charge is -2.28. The number of nitrogen functional groups attached to an aromatic ring is 1. The average molecular weight is 340 g/mol. The van der Waals surface area contributed by atoms with E-state index in [0.717, 1.165) is 36.3 Å². The van der Waals surface area contributed by atoms with Crippen LogP contribution in [0, 0.1) is 0 Å². The molecule has 1 aliphatic rings. The van der Waals surface area contributed by atoms with Crippen molar-refractivity contribution >= 4 is 23.4 Å². The summed E-state index contributed by atoms with van der Waals surface area (Å²) in [6.45, 7) is 2.07. The van der Waals surface area contributed by atoms with Crippen LogP contribution in [0.3, 0.4) is 0 Å². The van der Waals surface area contributed by atoms with E-state index in [0.29, 0.717) is 0 Å². The lowest BCUT2D eigenvalue weighted by atomic mass is 9.87. The van der Waals surface area contributed by atoms with Gasteiger partial charge in [-0.2, -0.15) is 0 Å². The lowest BCUT2D eigenvalue weighted by molar-refractivity contribution is -0.121. The second-order valence-corrected chi connectivity index (χ2v) is 7.52. The molecule has 0 aromatic heterocycles. The molecule has 0 heterocycles. The third-order valence-corrected chi connectivity index (χ3v) is 5.86. The largest absolute Gasteiger partial charge is 0.399 e. The highest BCUT2D eigenvalue weighted by Gasteiger charge is 2.25. The summed E-state index contributed by atoms with van der Waals surface area (Å²) in [6.07, 6.45) is 3.94. The van der Waals surface area contributed by atoms with Gasteiger partial charge in [0.05, 0.1) is 11.3 Å². The second-order valence-electron chi connectivity index (χ2n) is 6.24. The van der Waals surface area contributed by atoms with Gasteiger partial charge in [0.15, 0.2) is 0 Å². The second kappa shape index (κ2) is 7.75. The van der Waals surface area contributed by atoms with Crippen molar-refractivity contribution in [3.8, 4) is 0 Å². The summed E-state index contributed by atoms with van der Waals surface area (Å²) in [5.41, 5.74) is 9.19. The topological polar surface area (TPSA) is 55.1 Å². The quantitative estimate of drug-likeness (QED) is 0.629. The highest BCUT2D eigenvalue weighted by molar-refractivity contribution is 8.00. The standard InChI is InChI=1S/C20H24N2OS/c1-2-19(24-16-8-4-3-5-9-16)20(23)22-18-10-6-7-14-13-15(21)11-12-17(14)18/h3-5,8-9,11-13,18-19H,2,6-7,10,21H2,1H3,(H,22,23). The maximum atomic E-state index is 12.8. The Balaban J connectivity index is 1.70. The molecule has 0 aliphatic heterocycles. The molecule has 3 nitrogen and oxygen atoms in total. The van der Waals surface area contributed by atoms with Gasteiger partial charge in [-0.05, 0) is 61.1 Å². The molecule has 0 spiro atoms. The van der Waals surface area contributed by atoms with Gasteiger partial charge in [-0.1, -0.05) is 31.2 Å². The monoisotopic (exact) mass is 340 g/mol. The van der Waals surface area contributed by atoms with Crippen LogP contribution in [0.1, 0.15) is 43.4 Å². The Morgan fingerprint density at radius 3 is 2.83 bits per heavy atom. The molecule has 0 saturated carbocycles. The Labute approximate surface area is 148 Å². The van der Waals surface area contributed by atoms with Crippen LogP contribution in [0.15, 0.2) is 53.4 Å². The highest BCUT2D eigenvalue weighted by atomic mass is 32.2. The molecule has 2 aromatic carbocycles. The Morgan fingerprint density at radius 1 is 1.29 bits per heavy atom. The number of aryl methyl sites for hydroxylation is 1. The van der Waals surface area contributed by atoms with E-state index in [2.05, 4.69) is 30.4 Å². The average Bonchev–Trinajstić information content (AvgIpc) is 2.60. The predicted octanol–water partition coefficient (Wildman–Crippen LogP) is 4.33. The Hall–Kier alpha value is -1.94. The Morgan fingerprint density at radius 2 is 2.08 bits per heavy atom. The van der Waals surface area contributed by atoms with Crippen molar-refractivity contribution < 1.29 is 4.79 Å². The van der Waals surface area contributed by atoms with Crippen LogP contribution >= 0.6 is 11.8 Å². The van der Waals surface area contributed by atoms with E-state index >= 15 is 0 Å². The highest BCUT2D eigenvalue weighted by Crippen LogP contribution is 2.32. The molecule has 0 saturated heterocycles. The third kappa shape index (κ3) is 3.93. The van der Waals surface area contributed by atoms with Crippen molar-refractivity contribution in [2.24, 2.45) is 0 Å². The molecular formula is C20H24N2OS. The number of carbonyl (C=O) groups is 1. The minimum Gasteiger partial charge on any atom is -0.399 e. The first-order chi connectivity index (χ1) is 11.7. The van der Waals surface area contributed by atoms with Crippen LogP contribution in [0.5, 0.6) is 0 Å². The molecule has 2 aromatic rings. The van der Waals surface area contributed by atoms with Gasteiger partial charge < -0.3 is 11.1 Å². The number of amides is 1. The number of thioether (sulfide) groups is 1. The molecule has 24 heavy (non-hydrogen) atoms. The number of nitrogens with two attached hydrogens (primary N) is 1. The van der Waals surface area contributed by atoms with E-state index in [-0.39, 0.29) is 17.2 Å². The van der Waals surface area contributed by atoms with E-state index in [1.807, 2.05) is 30.3 Å². The minimum absolute atomic E-state index is 0.0634. The first kappa shape index (κ1) is 16.9. The van der Waals surface area contributed by atoms with E-state index in [1.165, 1.54) is 11.1 Å². The zero-order valence-electron chi connectivity index (χ0n) is 14.0. The van der Waals surface area contributed by atoms with Crippen molar-refractivity contribution in [3.63, 3.8) is 0 Å². The number of fused-ring (bicyclic) bond motifs is 1. The van der Waals surface area contributed by atoms with Gasteiger partial charge in [0.2, 0.25) is 5.91 Å². The SMILES string of the molecule is CCC(Sc1ccccc1)C(=O)NC1CCCc2cc(N)ccc21. The number of carbonyl (C=O) groups excluding carboxylic acids is 1. The molecule has 0 fully saturated rings. The first-order valence-electron chi connectivity index (χ1n) is 8.57. The lowest BCUT2D eigenvalue weighted by Crippen LogP contribution is -2.36. The molecule has 4 heteroatoms. The maximum absolute atomic E-state index is 12.8. The molecular weight excluding hydrogens is 316 g/mol. The molecule has 0 bridgehead atoms. The number of nitrogens with one attached hydrogen (secondary N) is 1. The van der Waals surface area contributed by atoms with Gasteiger partial charge in [0, 0.05) is 10.6 Å². The summed E-state index contributed by atoms with van der Waals surface area (Å²) >= 11 is 1.64. The van der Waals surface area contributed by atoms with E-state index in [9.17, 15) is 4.79 Å². The molecule has 1 aliphatic carbocycles. The number of anilines is 1. The van der Waals surface area contributed by atoms with Crippen LogP contribution in [0.25, 0.3) is 0 Å². The summed E-state index contributed by atoms with van der Waals surface area (Å²) in [5.74, 6) is 0.126. The summed E-state index contributed by atoms with van der Waals surface area (Å²) in [4.78, 5) is 13.9. The van der Waals surface area contributed by atoms with Gasteiger partial charge in [-0.25, -0.2) is 0 Å². The van der Waals surface area contributed by atoms with Gasteiger partial charge in [0.25, 0.3) is 0 Å². The number of hydrogen-bond donors (Lipinski definition) is 2. The zero-order valence-corrected chi connectivity index (χ0v) is 14.8. The fourth-order valence-corrected chi connectivity index (χ4v) is 4.22. The Bertz CT molecular complexity index is 702. The molecule has 3 N–H and O–H groups in total. The Kier molecular flexibility index (Phi) is 5.46. The van der Waals surface area contributed by atoms with Gasteiger partial charge in [0.1, 0.15) is 0 Å². The third-order valence-electron chi connectivity index (χ3n) is 4.48. The van der Waals surface area contributed by atoms with Crippen molar-refractivity contribution in [2.75, 3.05) is 5.73 Å². The normalized spacial score (nSPS) is 17.8. The van der Waals surface area contributed by atoms with Crippen LogP contribution in [-0.4, -0.2) is 11.2 Å². The van der Waals surface area contributed by atoms with Crippen molar-refractivity contribution in [3.05, 3.63) is 59.7 Å². The van der Waals surface area contributed by atoms with Crippen molar-refractivity contribution in [1.29, 1.82) is 0 Å². The van der Waals surface area contributed by atoms with Crippen molar-refractivity contribution in [2.45, 2.75) is 48.8 Å². The number of hydrogen-bond acceptors (Lipinski definition) is 3. The summed E-state index contributed by atoms with van der Waals surface area (Å²) < 4.78 is 0. The summed E-state index contributed by atoms with van der Waals surface area (Å²) in [6, 6.07) is 16.3. The van der Waals surface area contributed by atoms with Crippen LogP contribution < -0.4 is 11.1 Å². The van der Waals surface area contributed by atoms with Gasteiger partial charge >= 0.3 is 0 Å².